The first-order chi connectivity index (χ1) is 4.20. The van der Waals surface area contributed by atoms with E-state index < -0.39 is 0 Å². The van der Waals surface area contributed by atoms with E-state index in [0.717, 1.165) is 0 Å². The lowest BCUT2D eigenvalue weighted by Gasteiger charge is -1.94. The molecule has 0 spiro atoms. The summed E-state index contributed by atoms with van der Waals surface area (Å²) >= 11 is 5.61. The summed E-state index contributed by atoms with van der Waals surface area (Å²) < 4.78 is 0. The summed E-state index contributed by atoms with van der Waals surface area (Å²) in [5.74, 6) is 0.0110. The van der Waals surface area contributed by atoms with Gasteiger partial charge in [-0.05, 0) is 13.0 Å². The van der Waals surface area contributed by atoms with Crippen LogP contribution in [0.15, 0.2) is 12.1 Å². The van der Waals surface area contributed by atoms with Crippen LogP contribution in [-0.4, -0.2) is 10.1 Å². The molecule has 0 bridgehead atoms. The Balaban J connectivity index is 3.17. The summed E-state index contributed by atoms with van der Waals surface area (Å²) in [7, 11) is 0. The van der Waals surface area contributed by atoms with Crippen LogP contribution in [0.3, 0.4) is 0 Å². The van der Waals surface area contributed by atoms with Crippen LogP contribution in [0.25, 0.3) is 0 Å². The largest absolute Gasteiger partial charge is 0.493 e. The lowest BCUT2D eigenvalue weighted by Crippen LogP contribution is -1.80. The Morgan fingerprint density at radius 2 is 2.22 bits per heavy atom. The number of aromatic nitrogens is 1. The maximum atomic E-state index is 8.77. The van der Waals surface area contributed by atoms with Gasteiger partial charge in [0.2, 0.25) is 5.88 Å². The summed E-state index contributed by atoms with van der Waals surface area (Å²) in [4.78, 5) is 3.70. The predicted octanol–water partition coefficient (Wildman–Crippen LogP) is 1.75. The van der Waals surface area contributed by atoms with E-state index in [9.17, 15) is 0 Å². The third-order valence-corrected chi connectivity index (χ3v) is 1.41. The van der Waals surface area contributed by atoms with E-state index in [1.165, 1.54) is 6.07 Å². The molecule has 1 N–H and O–H groups in total. The highest BCUT2D eigenvalue weighted by molar-refractivity contribution is 6.31. The number of hydrogen-bond donors (Lipinski definition) is 1. The van der Waals surface area contributed by atoms with Gasteiger partial charge in [-0.15, -0.1) is 0 Å². The van der Waals surface area contributed by atoms with Crippen molar-refractivity contribution in [2.24, 2.45) is 0 Å². The Morgan fingerprint density at radius 3 is 2.67 bits per heavy atom. The minimum absolute atomic E-state index is 0.0110. The van der Waals surface area contributed by atoms with E-state index in [4.69, 9.17) is 16.7 Å². The van der Waals surface area contributed by atoms with Gasteiger partial charge in [0.1, 0.15) is 0 Å². The Kier molecular flexibility index (Phi) is 1.58. The molecule has 1 heterocycles. The average molecular weight is 144 g/mol. The normalized spacial score (nSPS) is 9.56. The van der Waals surface area contributed by atoms with Gasteiger partial charge in [0.05, 0.1) is 10.7 Å². The fraction of sp³-hybridized carbons (Fsp3) is 0.167. The zero-order valence-electron chi connectivity index (χ0n) is 4.93. The van der Waals surface area contributed by atoms with Crippen molar-refractivity contribution in [3.05, 3.63) is 22.8 Å². The van der Waals surface area contributed by atoms with Crippen LogP contribution in [-0.2, 0) is 0 Å². The van der Waals surface area contributed by atoms with Gasteiger partial charge in [-0.3, -0.25) is 0 Å². The molecule has 0 aliphatic carbocycles. The van der Waals surface area contributed by atoms with Crippen molar-refractivity contribution in [2.45, 2.75) is 6.92 Å². The van der Waals surface area contributed by atoms with Crippen LogP contribution >= 0.6 is 11.6 Å². The number of hydrogen-bond acceptors (Lipinski definition) is 2. The van der Waals surface area contributed by atoms with E-state index in [0.29, 0.717) is 10.7 Å². The fourth-order valence-electron chi connectivity index (χ4n) is 0.531. The molecule has 0 fully saturated rings. The lowest BCUT2D eigenvalue weighted by molar-refractivity contribution is 0.452. The zero-order valence-corrected chi connectivity index (χ0v) is 5.68. The van der Waals surface area contributed by atoms with Crippen molar-refractivity contribution in [2.75, 3.05) is 0 Å². The second-order valence-electron chi connectivity index (χ2n) is 1.74. The zero-order chi connectivity index (χ0) is 6.85. The Labute approximate surface area is 58.1 Å². The molecule has 0 amide bonds. The molecule has 0 unspecified atom stereocenters. The minimum Gasteiger partial charge on any atom is -0.493 e. The Bertz CT molecular complexity index is 224. The van der Waals surface area contributed by atoms with E-state index in [1.54, 1.807) is 13.0 Å². The second kappa shape index (κ2) is 2.23. The van der Waals surface area contributed by atoms with Crippen molar-refractivity contribution in [3.63, 3.8) is 0 Å². The van der Waals surface area contributed by atoms with E-state index in [1.807, 2.05) is 0 Å². The first-order valence-corrected chi connectivity index (χ1v) is 2.90. The van der Waals surface area contributed by atoms with Crippen LogP contribution in [0.2, 0.25) is 5.02 Å². The molecule has 0 aliphatic heterocycles. The topological polar surface area (TPSA) is 33.1 Å². The maximum Gasteiger partial charge on any atom is 0.211 e. The van der Waals surface area contributed by atoms with Gasteiger partial charge in [-0.25, -0.2) is 4.98 Å². The number of halogens is 1. The fourth-order valence-corrected chi connectivity index (χ4v) is 0.636. The summed E-state index contributed by atoms with van der Waals surface area (Å²) in [6.45, 7) is 1.74. The standard InChI is InChI=1S/C6H6ClNO/c1-4-5(7)2-3-6(9)8-4/h2-3H,1H3,(H,8,9). The molecule has 1 aromatic heterocycles. The quantitative estimate of drug-likeness (QED) is 0.600. The molecule has 3 heteroatoms. The highest BCUT2D eigenvalue weighted by Gasteiger charge is 1.94. The van der Waals surface area contributed by atoms with Gasteiger partial charge in [0, 0.05) is 6.07 Å². The SMILES string of the molecule is Cc1nc(O)ccc1Cl. The highest BCUT2D eigenvalue weighted by Crippen LogP contribution is 2.14. The smallest absolute Gasteiger partial charge is 0.211 e. The summed E-state index contributed by atoms with van der Waals surface area (Å²) in [5, 5.41) is 9.34. The highest BCUT2D eigenvalue weighted by atomic mass is 35.5. The van der Waals surface area contributed by atoms with E-state index >= 15 is 0 Å². The number of pyridine rings is 1. The molecule has 0 aliphatic rings. The van der Waals surface area contributed by atoms with Crippen molar-refractivity contribution < 1.29 is 5.11 Å². The predicted molar refractivity (Wildman–Crippen MR) is 35.6 cm³/mol. The number of rotatable bonds is 0. The number of aromatic hydroxyl groups is 1. The Morgan fingerprint density at radius 1 is 1.56 bits per heavy atom. The second-order valence-corrected chi connectivity index (χ2v) is 2.14. The van der Waals surface area contributed by atoms with Crippen molar-refractivity contribution in [1.29, 1.82) is 0 Å². The van der Waals surface area contributed by atoms with Gasteiger partial charge in [0.15, 0.2) is 0 Å². The van der Waals surface area contributed by atoms with Gasteiger partial charge < -0.3 is 5.11 Å². The Hall–Kier alpha value is -0.760. The summed E-state index contributed by atoms with van der Waals surface area (Å²) in [5.41, 5.74) is 0.650. The van der Waals surface area contributed by atoms with Crippen LogP contribution in [0.4, 0.5) is 0 Å². The molecule has 0 aromatic carbocycles. The van der Waals surface area contributed by atoms with Crippen molar-refractivity contribution in [1.82, 2.24) is 4.98 Å². The maximum absolute atomic E-state index is 8.77. The van der Waals surface area contributed by atoms with E-state index in [-0.39, 0.29) is 5.88 Å². The summed E-state index contributed by atoms with van der Waals surface area (Å²) in [6, 6.07) is 3.06. The van der Waals surface area contributed by atoms with Crippen LogP contribution < -0.4 is 0 Å². The summed E-state index contributed by atoms with van der Waals surface area (Å²) in [6.07, 6.45) is 0. The average Bonchev–Trinajstić information content (AvgIpc) is 1.80. The van der Waals surface area contributed by atoms with E-state index in [2.05, 4.69) is 4.98 Å². The molecule has 9 heavy (non-hydrogen) atoms. The number of aryl methyl sites for hydroxylation is 1. The van der Waals surface area contributed by atoms with Crippen LogP contribution in [0.5, 0.6) is 5.88 Å². The third kappa shape index (κ3) is 1.33. The molecule has 0 atom stereocenters. The van der Waals surface area contributed by atoms with Crippen LogP contribution in [0.1, 0.15) is 5.69 Å². The lowest BCUT2D eigenvalue weighted by atomic mass is 10.4. The molecule has 48 valence electrons. The number of nitrogens with zero attached hydrogens (tertiary/aromatic N) is 1. The third-order valence-electron chi connectivity index (χ3n) is 1.01. The first-order valence-electron chi connectivity index (χ1n) is 2.52. The van der Waals surface area contributed by atoms with Gasteiger partial charge >= 0.3 is 0 Å². The molecule has 0 saturated carbocycles. The van der Waals surface area contributed by atoms with Gasteiger partial charge in [-0.1, -0.05) is 11.6 Å². The monoisotopic (exact) mass is 143 g/mol. The van der Waals surface area contributed by atoms with Crippen molar-refractivity contribution in [3.8, 4) is 5.88 Å². The van der Waals surface area contributed by atoms with Gasteiger partial charge in [-0.2, -0.15) is 0 Å². The van der Waals surface area contributed by atoms with Crippen LogP contribution in [0, 0.1) is 6.92 Å². The van der Waals surface area contributed by atoms with Gasteiger partial charge in [0.25, 0.3) is 0 Å². The van der Waals surface area contributed by atoms with Crippen molar-refractivity contribution >= 4 is 11.6 Å². The molecule has 0 saturated heterocycles. The molecular formula is C6H6ClNO. The molecule has 1 rings (SSSR count). The minimum atomic E-state index is 0.0110. The molecule has 1 aromatic rings. The molecular weight excluding hydrogens is 138 g/mol. The molecule has 2 nitrogen and oxygen atoms in total. The first kappa shape index (κ1) is 6.36. The molecule has 0 radical (unpaired) electrons.